The Balaban J connectivity index is 1.17. The Morgan fingerprint density at radius 2 is 0.828 bits per heavy atom. The molecule has 4 heteroatoms. The van der Waals surface area contributed by atoms with Crippen LogP contribution in [-0.4, -0.2) is 6.71 Å². The first-order valence-electron chi connectivity index (χ1n) is 22.4. The highest BCUT2D eigenvalue weighted by molar-refractivity contribution is 7.01. The molecule has 0 fully saturated rings. The lowest BCUT2D eigenvalue weighted by atomic mass is 9.33. The SMILES string of the molecule is Cc1cc(C)cc(-c2c(N3c4ccccc4B4c5c3cccc5N(c3ccc5ccccc5c3-c3cc(C)cc(C)c3)c3ccc5c(oc6ccccc65)c34)ccc3ccccc23)c1. The number of rotatable bonds is 4. The summed E-state index contributed by atoms with van der Waals surface area (Å²) in [4.78, 5) is 5.10. The zero-order valence-electron chi connectivity index (χ0n) is 36.3. The molecule has 0 atom stereocenters. The van der Waals surface area contributed by atoms with E-state index in [1.54, 1.807) is 0 Å². The molecule has 10 aromatic carbocycles. The Hall–Kier alpha value is -7.82. The summed E-state index contributed by atoms with van der Waals surface area (Å²) < 4.78 is 7.10. The largest absolute Gasteiger partial charge is 0.457 e. The number of furan rings is 1. The second-order valence-electron chi connectivity index (χ2n) is 18.0. The maximum Gasteiger partial charge on any atom is 0.257 e. The van der Waals surface area contributed by atoms with Crippen molar-refractivity contribution < 1.29 is 4.42 Å². The average Bonchev–Trinajstić information content (AvgIpc) is 3.69. The molecule has 0 saturated carbocycles. The van der Waals surface area contributed by atoms with Crippen LogP contribution in [0.4, 0.5) is 34.1 Å². The molecule has 0 N–H and O–H groups in total. The van der Waals surface area contributed by atoms with Crippen LogP contribution in [0.15, 0.2) is 192 Å². The van der Waals surface area contributed by atoms with Crippen LogP contribution in [0.1, 0.15) is 22.3 Å². The lowest BCUT2D eigenvalue weighted by Crippen LogP contribution is -2.61. The highest BCUT2D eigenvalue weighted by Crippen LogP contribution is 2.51. The third kappa shape index (κ3) is 5.35. The van der Waals surface area contributed by atoms with E-state index in [4.69, 9.17) is 4.42 Å². The summed E-state index contributed by atoms with van der Waals surface area (Å²) in [6.45, 7) is 8.72. The van der Waals surface area contributed by atoms with Gasteiger partial charge in [-0.25, -0.2) is 0 Å². The van der Waals surface area contributed by atoms with Gasteiger partial charge in [-0.05, 0) is 125 Å². The van der Waals surface area contributed by atoms with Crippen molar-refractivity contribution in [2.75, 3.05) is 9.80 Å². The minimum Gasteiger partial charge on any atom is -0.457 e. The molecule has 0 radical (unpaired) electrons. The molecule has 0 aliphatic carbocycles. The van der Waals surface area contributed by atoms with Crippen molar-refractivity contribution in [2.45, 2.75) is 27.7 Å². The predicted octanol–water partition coefficient (Wildman–Crippen LogP) is 14.5. The summed E-state index contributed by atoms with van der Waals surface area (Å²) in [7, 11) is 0. The Labute approximate surface area is 373 Å². The van der Waals surface area contributed by atoms with Gasteiger partial charge in [-0.2, -0.15) is 0 Å². The number of benzene rings is 10. The molecular formula is C60H43BN2O. The van der Waals surface area contributed by atoms with Crippen molar-refractivity contribution >= 4 is 101 Å². The minimum atomic E-state index is -0.107. The standard InChI is InChI=1S/C60H43BN2O/c1-36-30-37(2)33-42(32-36)56-44-16-7-5-14-40(44)24-27-50(56)62-49-20-11-10-19-48(49)61-58-52(62)21-13-22-53(58)63(54-29-26-47-46-18-9-12-23-55(46)64-60(47)59(54)61)51-28-25-41-15-6-8-17-45(41)57(51)43-34-38(3)31-39(4)35-43/h5-35H,1-4H3. The molecule has 3 heterocycles. The Morgan fingerprint density at radius 1 is 0.359 bits per heavy atom. The van der Waals surface area contributed by atoms with Crippen LogP contribution in [0.5, 0.6) is 0 Å². The van der Waals surface area contributed by atoms with Crippen LogP contribution in [0.2, 0.25) is 0 Å². The summed E-state index contributed by atoms with van der Waals surface area (Å²) in [5, 5.41) is 7.17. The molecule has 0 amide bonds. The van der Waals surface area contributed by atoms with E-state index in [0.29, 0.717) is 0 Å². The van der Waals surface area contributed by atoms with Gasteiger partial charge in [0.05, 0.1) is 11.4 Å². The predicted molar refractivity (Wildman–Crippen MR) is 273 cm³/mol. The fraction of sp³-hybridized carbons (Fsp3) is 0.0667. The average molecular weight is 819 g/mol. The topological polar surface area (TPSA) is 19.6 Å². The molecule has 2 aliphatic heterocycles. The molecular weight excluding hydrogens is 775 g/mol. The van der Waals surface area contributed by atoms with Gasteiger partial charge in [0.1, 0.15) is 11.2 Å². The molecule has 11 aromatic rings. The molecule has 2 aliphatic rings. The van der Waals surface area contributed by atoms with Crippen molar-refractivity contribution in [3.05, 3.63) is 210 Å². The van der Waals surface area contributed by atoms with Crippen LogP contribution in [0, 0.1) is 27.7 Å². The van der Waals surface area contributed by atoms with Crippen molar-refractivity contribution in [3.8, 4) is 22.3 Å². The fourth-order valence-electron chi connectivity index (χ4n) is 11.4. The first kappa shape index (κ1) is 36.8. The van der Waals surface area contributed by atoms with Crippen molar-refractivity contribution in [3.63, 3.8) is 0 Å². The summed E-state index contributed by atoms with van der Waals surface area (Å²) in [6.07, 6.45) is 0. The molecule has 13 rings (SSSR count). The zero-order chi connectivity index (χ0) is 42.8. The van der Waals surface area contributed by atoms with Crippen molar-refractivity contribution in [1.82, 2.24) is 0 Å². The van der Waals surface area contributed by atoms with E-state index in [0.717, 1.165) is 39.0 Å². The number of hydrogen-bond acceptors (Lipinski definition) is 3. The number of para-hydroxylation sites is 2. The molecule has 0 spiro atoms. The maximum absolute atomic E-state index is 7.10. The van der Waals surface area contributed by atoms with Crippen LogP contribution >= 0.6 is 0 Å². The maximum atomic E-state index is 7.10. The van der Waals surface area contributed by atoms with E-state index < -0.39 is 0 Å². The fourth-order valence-corrected chi connectivity index (χ4v) is 11.4. The number of fused-ring (bicyclic) bond motifs is 10. The van der Waals surface area contributed by atoms with Gasteiger partial charge in [0.15, 0.2) is 0 Å². The third-order valence-electron chi connectivity index (χ3n) is 13.7. The third-order valence-corrected chi connectivity index (χ3v) is 13.7. The lowest BCUT2D eigenvalue weighted by molar-refractivity contribution is 0.671. The van der Waals surface area contributed by atoms with Gasteiger partial charge in [-0.1, -0.05) is 162 Å². The van der Waals surface area contributed by atoms with Gasteiger partial charge >= 0.3 is 0 Å². The number of anilines is 6. The van der Waals surface area contributed by atoms with E-state index in [1.807, 2.05) is 0 Å². The highest BCUT2D eigenvalue weighted by Gasteiger charge is 2.45. The van der Waals surface area contributed by atoms with Crippen LogP contribution < -0.4 is 26.2 Å². The van der Waals surface area contributed by atoms with Gasteiger partial charge in [-0.3, -0.25) is 0 Å². The van der Waals surface area contributed by atoms with Crippen molar-refractivity contribution in [2.24, 2.45) is 0 Å². The first-order chi connectivity index (χ1) is 31.4. The second-order valence-corrected chi connectivity index (χ2v) is 18.0. The van der Waals surface area contributed by atoms with E-state index in [1.165, 1.54) is 99.5 Å². The Bertz CT molecular complexity index is 3710. The number of aryl methyl sites for hydroxylation is 4. The highest BCUT2D eigenvalue weighted by atomic mass is 16.3. The molecule has 0 unspecified atom stereocenters. The quantitative estimate of drug-likeness (QED) is 0.165. The van der Waals surface area contributed by atoms with Gasteiger partial charge < -0.3 is 14.2 Å². The van der Waals surface area contributed by atoms with Crippen molar-refractivity contribution in [1.29, 1.82) is 0 Å². The number of hydrogen-bond donors (Lipinski definition) is 0. The smallest absolute Gasteiger partial charge is 0.257 e. The number of nitrogens with zero attached hydrogens (tertiary/aromatic N) is 2. The molecule has 3 nitrogen and oxygen atoms in total. The van der Waals surface area contributed by atoms with Crippen LogP contribution in [-0.2, 0) is 0 Å². The van der Waals surface area contributed by atoms with Crippen LogP contribution in [0.25, 0.3) is 65.7 Å². The van der Waals surface area contributed by atoms with Crippen LogP contribution in [0.3, 0.4) is 0 Å². The normalized spacial score (nSPS) is 12.9. The summed E-state index contributed by atoms with van der Waals surface area (Å²) >= 11 is 0. The monoisotopic (exact) mass is 818 g/mol. The Kier molecular flexibility index (Phi) is 7.96. The molecule has 64 heavy (non-hydrogen) atoms. The van der Waals surface area contributed by atoms with Gasteiger partial charge in [0.25, 0.3) is 6.71 Å². The molecule has 302 valence electrons. The molecule has 1 aromatic heterocycles. The van der Waals surface area contributed by atoms with E-state index in [-0.39, 0.29) is 6.71 Å². The second kappa shape index (κ2) is 13.8. The summed E-state index contributed by atoms with van der Waals surface area (Å²) in [5.41, 5.74) is 22.4. The molecule has 0 saturated heterocycles. The minimum absolute atomic E-state index is 0.107. The summed E-state index contributed by atoms with van der Waals surface area (Å²) in [6, 6.07) is 70.1. The van der Waals surface area contributed by atoms with E-state index >= 15 is 0 Å². The molecule has 0 bridgehead atoms. The first-order valence-corrected chi connectivity index (χ1v) is 22.4. The lowest BCUT2D eigenvalue weighted by Gasteiger charge is -2.44. The Morgan fingerprint density at radius 3 is 1.44 bits per heavy atom. The van der Waals surface area contributed by atoms with E-state index in [2.05, 4.69) is 226 Å². The van der Waals surface area contributed by atoms with E-state index in [9.17, 15) is 0 Å². The zero-order valence-corrected chi connectivity index (χ0v) is 36.3. The van der Waals surface area contributed by atoms with Gasteiger partial charge in [0, 0.05) is 44.6 Å². The summed E-state index contributed by atoms with van der Waals surface area (Å²) in [5.74, 6) is 0. The van der Waals surface area contributed by atoms with Gasteiger partial charge in [0.2, 0.25) is 0 Å². The van der Waals surface area contributed by atoms with Gasteiger partial charge in [-0.15, -0.1) is 0 Å².